The second-order valence-corrected chi connectivity index (χ2v) is 4.89. The number of aliphatic hydroxyl groups excluding tert-OH is 1. The molecule has 90 valence electrons. The zero-order chi connectivity index (χ0) is 12.3. The lowest BCUT2D eigenvalue weighted by Crippen LogP contribution is -1.98. The fraction of sp³-hybridized carbons (Fsp3) is 0.308. The molecule has 0 aliphatic heterocycles. The summed E-state index contributed by atoms with van der Waals surface area (Å²) >= 11 is 1.58. The number of imidazole rings is 1. The van der Waals surface area contributed by atoms with Crippen LogP contribution >= 0.6 is 11.8 Å². The van der Waals surface area contributed by atoms with Crippen molar-refractivity contribution < 1.29 is 5.11 Å². The van der Waals surface area contributed by atoms with Crippen LogP contribution in [0.15, 0.2) is 46.7 Å². The Balaban J connectivity index is 2.30. The molecule has 3 nitrogen and oxygen atoms in total. The Morgan fingerprint density at radius 2 is 2.18 bits per heavy atom. The monoisotopic (exact) mass is 248 g/mol. The van der Waals surface area contributed by atoms with E-state index in [1.165, 1.54) is 0 Å². The molecule has 0 aliphatic carbocycles. The fourth-order valence-electron chi connectivity index (χ4n) is 1.62. The van der Waals surface area contributed by atoms with Crippen molar-refractivity contribution in [2.45, 2.75) is 29.5 Å². The molecule has 0 aliphatic rings. The van der Waals surface area contributed by atoms with E-state index in [2.05, 4.69) is 4.98 Å². The highest BCUT2D eigenvalue weighted by atomic mass is 32.2. The topological polar surface area (TPSA) is 38.1 Å². The predicted molar refractivity (Wildman–Crippen MR) is 69.0 cm³/mol. The molecule has 0 spiro atoms. The molecule has 2 aromatic rings. The number of hydrogen-bond acceptors (Lipinski definition) is 3. The number of aliphatic hydroxyl groups is 1. The van der Waals surface area contributed by atoms with Gasteiger partial charge < -0.3 is 9.67 Å². The Hall–Kier alpha value is -1.26. The molecule has 0 saturated carbocycles. The van der Waals surface area contributed by atoms with Crippen LogP contribution < -0.4 is 0 Å². The Morgan fingerprint density at radius 1 is 1.41 bits per heavy atom. The van der Waals surface area contributed by atoms with Crippen molar-refractivity contribution in [3.05, 3.63) is 42.2 Å². The maximum Gasteiger partial charge on any atom is 0.172 e. The number of benzene rings is 1. The summed E-state index contributed by atoms with van der Waals surface area (Å²) in [7, 11) is 1.97. The first-order valence-electron chi connectivity index (χ1n) is 5.64. The average Bonchev–Trinajstić information content (AvgIpc) is 2.75. The van der Waals surface area contributed by atoms with Gasteiger partial charge >= 0.3 is 0 Å². The molecule has 0 fully saturated rings. The first-order chi connectivity index (χ1) is 8.22. The summed E-state index contributed by atoms with van der Waals surface area (Å²) in [5.74, 6) is 0. The fourth-order valence-corrected chi connectivity index (χ4v) is 2.60. The molecule has 0 saturated heterocycles. The highest BCUT2D eigenvalue weighted by molar-refractivity contribution is 7.99. The number of hydrogen-bond donors (Lipinski definition) is 1. The maximum atomic E-state index is 9.97. The van der Waals surface area contributed by atoms with Crippen molar-refractivity contribution in [2.75, 3.05) is 0 Å². The Labute approximate surface area is 106 Å². The zero-order valence-corrected chi connectivity index (χ0v) is 10.8. The Morgan fingerprint density at radius 3 is 2.82 bits per heavy atom. The minimum atomic E-state index is -0.404. The molecule has 17 heavy (non-hydrogen) atoms. The standard InChI is InChI=1S/C13H16N2OS/c1-3-11(16)10-6-4-5-7-12(10)17-13-14-8-9-15(13)2/h4-9,11,16H,3H2,1-2H3. The molecule has 1 N–H and O–H groups in total. The molecule has 0 bridgehead atoms. The lowest BCUT2D eigenvalue weighted by Gasteiger charge is -2.13. The van der Waals surface area contributed by atoms with Gasteiger partial charge in [0.2, 0.25) is 0 Å². The molecule has 4 heteroatoms. The van der Waals surface area contributed by atoms with Crippen LogP contribution in [0.4, 0.5) is 0 Å². The van der Waals surface area contributed by atoms with Gasteiger partial charge in [-0.25, -0.2) is 4.98 Å². The van der Waals surface area contributed by atoms with Gasteiger partial charge in [0.1, 0.15) is 0 Å². The van der Waals surface area contributed by atoms with E-state index in [0.29, 0.717) is 0 Å². The van der Waals surface area contributed by atoms with E-state index in [1.807, 2.05) is 49.0 Å². The predicted octanol–water partition coefficient (Wildman–Crippen LogP) is 3.01. The van der Waals surface area contributed by atoms with Crippen LogP contribution in [-0.2, 0) is 7.05 Å². The summed E-state index contributed by atoms with van der Waals surface area (Å²) in [6, 6.07) is 7.93. The number of rotatable bonds is 4. The van der Waals surface area contributed by atoms with E-state index in [9.17, 15) is 5.11 Å². The van der Waals surface area contributed by atoms with E-state index in [4.69, 9.17) is 0 Å². The second kappa shape index (κ2) is 5.38. The van der Waals surface area contributed by atoms with Crippen LogP contribution in [0.5, 0.6) is 0 Å². The van der Waals surface area contributed by atoms with E-state index >= 15 is 0 Å². The summed E-state index contributed by atoms with van der Waals surface area (Å²) in [5, 5.41) is 10.9. The third-order valence-corrected chi connectivity index (χ3v) is 3.81. The quantitative estimate of drug-likeness (QED) is 0.904. The molecule has 1 atom stereocenters. The minimum Gasteiger partial charge on any atom is -0.388 e. The van der Waals surface area contributed by atoms with Crippen molar-refractivity contribution >= 4 is 11.8 Å². The molecular weight excluding hydrogens is 232 g/mol. The lowest BCUT2D eigenvalue weighted by molar-refractivity contribution is 0.171. The number of aromatic nitrogens is 2. The van der Waals surface area contributed by atoms with Gasteiger partial charge in [-0.1, -0.05) is 36.9 Å². The van der Waals surface area contributed by atoms with Crippen LogP contribution in [0.3, 0.4) is 0 Å². The van der Waals surface area contributed by atoms with Gasteiger partial charge in [0.25, 0.3) is 0 Å². The first kappa shape index (κ1) is 12.2. The summed E-state index contributed by atoms with van der Waals surface area (Å²) < 4.78 is 1.97. The molecule has 1 heterocycles. The Kier molecular flexibility index (Phi) is 3.86. The van der Waals surface area contributed by atoms with Gasteiger partial charge in [0.15, 0.2) is 5.16 Å². The number of nitrogens with zero attached hydrogens (tertiary/aromatic N) is 2. The molecular formula is C13H16N2OS. The van der Waals surface area contributed by atoms with Gasteiger partial charge in [-0.2, -0.15) is 0 Å². The zero-order valence-electron chi connectivity index (χ0n) is 10.00. The third-order valence-electron chi connectivity index (χ3n) is 2.64. The van der Waals surface area contributed by atoms with Crippen molar-refractivity contribution in [3.8, 4) is 0 Å². The lowest BCUT2D eigenvalue weighted by atomic mass is 10.1. The van der Waals surface area contributed by atoms with Gasteiger partial charge in [-0.15, -0.1) is 0 Å². The highest BCUT2D eigenvalue weighted by Crippen LogP contribution is 2.32. The molecule has 2 rings (SSSR count). The molecule has 1 aromatic carbocycles. The summed E-state index contributed by atoms with van der Waals surface area (Å²) in [6.07, 6.45) is 4.01. The summed E-state index contributed by atoms with van der Waals surface area (Å²) in [5.41, 5.74) is 0.975. The SMILES string of the molecule is CCC(O)c1ccccc1Sc1nccn1C. The van der Waals surface area contributed by atoms with E-state index < -0.39 is 6.10 Å². The highest BCUT2D eigenvalue weighted by Gasteiger charge is 2.12. The molecule has 0 amide bonds. The normalized spacial score (nSPS) is 12.6. The minimum absolute atomic E-state index is 0.404. The van der Waals surface area contributed by atoms with Gasteiger partial charge in [-0.05, 0) is 18.1 Å². The molecule has 1 unspecified atom stereocenters. The Bertz CT molecular complexity index is 496. The van der Waals surface area contributed by atoms with Crippen LogP contribution in [-0.4, -0.2) is 14.7 Å². The van der Waals surface area contributed by atoms with Gasteiger partial charge in [-0.3, -0.25) is 0 Å². The second-order valence-electron chi connectivity index (χ2n) is 3.88. The smallest absolute Gasteiger partial charge is 0.172 e. The van der Waals surface area contributed by atoms with E-state index in [0.717, 1.165) is 22.0 Å². The molecule has 1 aromatic heterocycles. The van der Waals surface area contributed by atoms with Crippen molar-refractivity contribution in [1.82, 2.24) is 9.55 Å². The molecule has 0 radical (unpaired) electrons. The maximum absolute atomic E-state index is 9.97. The largest absolute Gasteiger partial charge is 0.388 e. The van der Waals surface area contributed by atoms with Gasteiger partial charge in [0.05, 0.1) is 6.10 Å². The van der Waals surface area contributed by atoms with Crippen molar-refractivity contribution in [2.24, 2.45) is 7.05 Å². The number of aryl methyl sites for hydroxylation is 1. The average molecular weight is 248 g/mol. The van der Waals surface area contributed by atoms with Crippen molar-refractivity contribution in [1.29, 1.82) is 0 Å². The summed E-state index contributed by atoms with van der Waals surface area (Å²) in [6.45, 7) is 1.98. The van der Waals surface area contributed by atoms with Crippen LogP contribution in [0, 0.1) is 0 Å². The summed E-state index contributed by atoms with van der Waals surface area (Å²) in [4.78, 5) is 5.35. The van der Waals surface area contributed by atoms with Crippen LogP contribution in [0.1, 0.15) is 25.0 Å². The first-order valence-corrected chi connectivity index (χ1v) is 6.46. The van der Waals surface area contributed by atoms with E-state index in [-0.39, 0.29) is 0 Å². The van der Waals surface area contributed by atoms with Crippen LogP contribution in [0.2, 0.25) is 0 Å². The van der Waals surface area contributed by atoms with Crippen molar-refractivity contribution in [3.63, 3.8) is 0 Å². The van der Waals surface area contributed by atoms with Crippen LogP contribution in [0.25, 0.3) is 0 Å². The third kappa shape index (κ3) is 2.70. The van der Waals surface area contributed by atoms with E-state index in [1.54, 1.807) is 18.0 Å². The van der Waals surface area contributed by atoms with Gasteiger partial charge in [0, 0.05) is 24.3 Å².